The third-order valence-corrected chi connectivity index (χ3v) is 4.83. The Bertz CT molecular complexity index is 1050. The lowest BCUT2D eigenvalue weighted by Crippen LogP contribution is -2.16. The second kappa shape index (κ2) is 5.47. The van der Waals surface area contributed by atoms with Gasteiger partial charge >= 0.3 is 0 Å². The van der Waals surface area contributed by atoms with E-state index in [1.807, 2.05) is 62.4 Å². The van der Waals surface area contributed by atoms with E-state index < -0.39 is 5.60 Å². The van der Waals surface area contributed by atoms with Crippen molar-refractivity contribution in [2.45, 2.75) is 19.4 Å². The number of para-hydroxylation sites is 1. The molecule has 0 amide bonds. The molecule has 0 aliphatic rings. The fourth-order valence-corrected chi connectivity index (χ4v) is 3.62. The quantitative estimate of drug-likeness (QED) is 0.446. The fraction of sp³-hybridized carbons (Fsp3) is 0.143. The van der Waals surface area contributed by atoms with Crippen molar-refractivity contribution in [2.75, 3.05) is 0 Å². The molecule has 4 rings (SSSR count). The van der Waals surface area contributed by atoms with Crippen LogP contribution in [0.2, 0.25) is 0 Å². The van der Waals surface area contributed by atoms with E-state index in [9.17, 15) is 5.11 Å². The maximum Gasteiger partial charge on any atom is 0.136 e. The summed E-state index contributed by atoms with van der Waals surface area (Å²) in [5.41, 5.74) is 3.76. The molecule has 0 bridgehead atoms. The van der Waals surface area contributed by atoms with E-state index in [-0.39, 0.29) is 0 Å². The molecule has 24 heavy (non-hydrogen) atoms. The van der Waals surface area contributed by atoms with E-state index in [0.29, 0.717) is 0 Å². The van der Waals surface area contributed by atoms with Crippen LogP contribution < -0.4 is 0 Å². The van der Waals surface area contributed by atoms with Gasteiger partial charge in [0.2, 0.25) is 0 Å². The molecule has 0 spiro atoms. The molecule has 1 heterocycles. The third-order valence-electron chi connectivity index (χ3n) is 4.33. The Morgan fingerprint density at radius 3 is 2.42 bits per heavy atom. The van der Waals surface area contributed by atoms with E-state index >= 15 is 0 Å². The zero-order chi connectivity index (χ0) is 16.9. The first-order valence-corrected chi connectivity index (χ1v) is 8.67. The molecule has 0 atom stereocenters. The normalized spacial score (nSPS) is 12.2. The summed E-state index contributed by atoms with van der Waals surface area (Å²) in [7, 11) is 0. The number of aliphatic hydroxyl groups is 1. The molecule has 0 saturated carbocycles. The molecule has 120 valence electrons. The van der Waals surface area contributed by atoms with Crippen molar-refractivity contribution in [3.05, 3.63) is 70.7 Å². The second-order valence-electron chi connectivity index (χ2n) is 6.53. The molecule has 0 aliphatic carbocycles. The van der Waals surface area contributed by atoms with Crippen LogP contribution in [0, 0.1) is 0 Å². The monoisotopic (exact) mass is 380 g/mol. The molecule has 2 nitrogen and oxygen atoms in total. The number of hydrogen-bond acceptors (Lipinski definition) is 2. The van der Waals surface area contributed by atoms with Gasteiger partial charge < -0.3 is 9.52 Å². The standard InChI is InChI=1S/C21H17BrO2/c1-21(2,23)17-12-13(22)10-11-14(17)15-7-5-9-19-20(15)16-6-3-4-8-18(16)24-19/h3-12,23H,1-2H3. The SMILES string of the molecule is CC(C)(O)c1cc(Br)ccc1-c1cccc2oc3ccccc3c12. The first kappa shape index (κ1) is 15.4. The van der Waals surface area contributed by atoms with E-state index in [2.05, 4.69) is 28.1 Å². The first-order valence-electron chi connectivity index (χ1n) is 7.88. The van der Waals surface area contributed by atoms with Crippen LogP contribution in [-0.2, 0) is 5.60 Å². The second-order valence-corrected chi connectivity index (χ2v) is 7.44. The number of benzene rings is 3. The Morgan fingerprint density at radius 1 is 0.875 bits per heavy atom. The molecular formula is C21H17BrO2. The highest BCUT2D eigenvalue weighted by Gasteiger charge is 2.23. The van der Waals surface area contributed by atoms with Crippen molar-refractivity contribution < 1.29 is 9.52 Å². The Morgan fingerprint density at radius 2 is 1.62 bits per heavy atom. The fourth-order valence-electron chi connectivity index (χ4n) is 3.26. The molecule has 0 saturated heterocycles. The van der Waals surface area contributed by atoms with Crippen LogP contribution >= 0.6 is 15.9 Å². The van der Waals surface area contributed by atoms with Crippen molar-refractivity contribution in [1.82, 2.24) is 0 Å². The lowest BCUT2D eigenvalue weighted by molar-refractivity contribution is 0.0791. The summed E-state index contributed by atoms with van der Waals surface area (Å²) in [5, 5.41) is 12.8. The van der Waals surface area contributed by atoms with Crippen molar-refractivity contribution in [3.63, 3.8) is 0 Å². The summed E-state index contributed by atoms with van der Waals surface area (Å²) in [6.45, 7) is 3.62. The van der Waals surface area contributed by atoms with Gasteiger partial charge in [-0.2, -0.15) is 0 Å². The van der Waals surface area contributed by atoms with Crippen LogP contribution in [-0.4, -0.2) is 5.11 Å². The van der Waals surface area contributed by atoms with Crippen LogP contribution in [0.1, 0.15) is 19.4 Å². The van der Waals surface area contributed by atoms with Gasteiger partial charge in [0.15, 0.2) is 0 Å². The zero-order valence-corrected chi connectivity index (χ0v) is 15.1. The average molecular weight is 381 g/mol. The highest BCUT2D eigenvalue weighted by molar-refractivity contribution is 9.10. The molecule has 3 heteroatoms. The maximum absolute atomic E-state index is 10.6. The van der Waals surface area contributed by atoms with E-state index in [0.717, 1.165) is 43.1 Å². The largest absolute Gasteiger partial charge is 0.456 e. The van der Waals surface area contributed by atoms with E-state index in [1.165, 1.54) is 0 Å². The highest BCUT2D eigenvalue weighted by atomic mass is 79.9. The van der Waals surface area contributed by atoms with Gasteiger partial charge in [-0.1, -0.05) is 52.3 Å². The summed E-state index contributed by atoms with van der Waals surface area (Å²) in [5.74, 6) is 0. The summed E-state index contributed by atoms with van der Waals surface area (Å²) in [6.07, 6.45) is 0. The molecule has 0 aliphatic heterocycles. The van der Waals surface area contributed by atoms with Gasteiger partial charge in [0.05, 0.1) is 5.60 Å². The topological polar surface area (TPSA) is 33.4 Å². The van der Waals surface area contributed by atoms with Gasteiger partial charge in [-0.05, 0) is 54.8 Å². The van der Waals surface area contributed by atoms with Gasteiger partial charge in [0, 0.05) is 15.2 Å². The maximum atomic E-state index is 10.6. The number of fused-ring (bicyclic) bond motifs is 3. The van der Waals surface area contributed by atoms with Gasteiger partial charge in [0.25, 0.3) is 0 Å². The predicted molar refractivity (Wildman–Crippen MR) is 102 cm³/mol. The number of rotatable bonds is 2. The average Bonchev–Trinajstić information content (AvgIpc) is 2.92. The van der Waals surface area contributed by atoms with Crippen LogP contribution in [0.4, 0.5) is 0 Å². The molecule has 1 N–H and O–H groups in total. The first-order chi connectivity index (χ1) is 11.4. The highest BCUT2D eigenvalue weighted by Crippen LogP contribution is 2.40. The van der Waals surface area contributed by atoms with Crippen LogP contribution in [0.5, 0.6) is 0 Å². The Labute approximate surface area is 148 Å². The molecule has 4 aromatic rings. The van der Waals surface area contributed by atoms with Crippen molar-refractivity contribution in [3.8, 4) is 11.1 Å². The van der Waals surface area contributed by atoms with Gasteiger partial charge in [-0.3, -0.25) is 0 Å². The number of halogens is 1. The molecule has 3 aromatic carbocycles. The van der Waals surface area contributed by atoms with Crippen molar-refractivity contribution in [1.29, 1.82) is 0 Å². The Balaban J connectivity index is 2.12. The van der Waals surface area contributed by atoms with Gasteiger partial charge in [0.1, 0.15) is 11.2 Å². The Hall–Kier alpha value is -2.10. The van der Waals surface area contributed by atoms with E-state index in [1.54, 1.807) is 0 Å². The minimum absolute atomic E-state index is 0.860. The van der Waals surface area contributed by atoms with Gasteiger partial charge in [-0.25, -0.2) is 0 Å². The summed E-state index contributed by atoms with van der Waals surface area (Å²) in [4.78, 5) is 0. The molecule has 0 fully saturated rings. The molecule has 1 aromatic heterocycles. The lowest BCUT2D eigenvalue weighted by atomic mass is 9.88. The number of hydrogen-bond donors (Lipinski definition) is 1. The van der Waals surface area contributed by atoms with Crippen LogP contribution in [0.15, 0.2) is 69.6 Å². The summed E-state index contributed by atoms with van der Waals surface area (Å²) < 4.78 is 6.94. The van der Waals surface area contributed by atoms with Crippen molar-refractivity contribution >= 4 is 37.9 Å². The molecule has 0 radical (unpaired) electrons. The minimum atomic E-state index is -0.944. The smallest absolute Gasteiger partial charge is 0.136 e. The summed E-state index contributed by atoms with van der Waals surface area (Å²) >= 11 is 3.51. The zero-order valence-electron chi connectivity index (χ0n) is 13.5. The lowest BCUT2D eigenvalue weighted by Gasteiger charge is -2.22. The van der Waals surface area contributed by atoms with Gasteiger partial charge in [-0.15, -0.1) is 0 Å². The van der Waals surface area contributed by atoms with Crippen molar-refractivity contribution in [2.24, 2.45) is 0 Å². The summed E-state index contributed by atoms with van der Waals surface area (Å²) in [6, 6.07) is 20.2. The molecular weight excluding hydrogens is 364 g/mol. The molecule has 0 unspecified atom stereocenters. The third kappa shape index (κ3) is 2.45. The Kier molecular flexibility index (Phi) is 3.52. The van der Waals surface area contributed by atoms with Crippen LogP contribution in [0.3, 0.4) is 0 Å². The van der Waals surface area contributed by atoms with E-state index in [4.69, 9.17) is 4.42 Å². The predicted octanol–water partition coefficient (Wildman–Crippen LogP) is 6.24. The number of furan rings is 1. The minimum Gasteiger partial charge on any atom is -0.456 e. The van der Waals surface area contributed by atoms with Crippen LogP contribution in [0.25, 0.3) is 33.1 Å².